The van der Waals surface area contributed by atoms with E-state index in [9.17, 15) is 14.0 Å². The zero-order chi connectivity index (χ0) is 13.3. The van der Waals surface area contributed by atoms with E-state index in [-0.39, 0.29) is 22.0 Å². The van der Waals surface area contributed by atoms with E-state index in [1.54, 1.807) is 6.92 Å². The molecule has 4 nitrogen and oxygen atoms in total. The largest absolute Gasteiger partial charge is 0.462 e. The summed E-state index contributed by atoms with van der Waals surface area (Å²) in [5.74, 6) is -1.28. The predicted octanol–water partition coefficient (Wildman–Crippen LogP) is 2.61. The molecule has 0 bridgehead atoms. The lowest BCUT2D eigenvalue weighted by atomic mass is 10.1. The maximum atomic E-state index is 13.4. The molecule has 6 heteroatoms. The number of esters is 1. The number of benzene rings is 1. The molecule has 1 aromatic heterocycles. The van der Waals surface area contributed by atoms with Crippen molar-refractivity contribution in [2.24, 2.45) is 0 Å². The average Bonchev–Trinajstić information content (AvgIpc) is 2.32. The van der Waals surface area contributed by atoms with Crippen LogP contribution >= 0.6 is 15.9 Å². The summed E-state index contributed by atoms with van der Waals surface area (Å²) in [7, 11) is 0. The van der Waals surface area contributed by atoms with Crippen LogP contribution in [0.1, 0.15) is 17.3 Å². The molecule has 1 heterocycles. The Hall–Kier alpha value is -1.69. The fourth-order valence-electron chi connectivity index (χ4n) is 1.58. The monoisotopic (exact) mass is 313 g/mol. The molecule has 0 fully saturated rings. The van der Waals surface area contributed by atoms with E-state index in [1.165, 1.54) is 12.3 Å². The molecular weight excluding hydrogens is 305 g/mol. The van der Waals surface area contributed by atoms with E-state index in [0.717, 1.165) is 6.07 Å². The van der Waals surface area contributed by atoms with Crippen molar-refractivity contribution in [1.82, 2.24) is 4.98 Å². The third kappa shape index (κ3) is 2.15. The number of rotatable bonds is 2. The van der Waals surface area contributed by atoms with Gasteiger partial charge in [0.2, 0.25) is 5.43 Å². The molecular formula is C12H9BrFNO3. The number of aromatic amines is 1. The number of ether oxygens (including phenoxy) is 1. The Bertz CT molecular complexity index is 681. The summed E-state index contributed by atoms with van der Waals surface area (Å²) in [6.45, 7) is 1.81. The number of carbonyl (C=O) groups excluding carboxylic acids is 1. The Morgan fingerprint density at radius 3 is 2.89 bits per heavy atom. The van der Waals surface area contributed by atoms with Gasteiger partial charge in [0, 0.05) is 11.6 Å². The minimum atomic E-state index is -0.719. The summed E-state index contributed by atoms with van der Waals surface area (Å²) in [5, 5.41) is 0.112. The second-order valence-corrected chi connectivity index (χ2v) is 4.42. The Kier molecular flexibility index (Phi) is 3.47. The van der Waals surface area contributed by atoms with Crippen LogP contribution in [-0.4, -0.2) is 17.6 Å². The van der Waals surface area contributed by atoms with Crippen LogP contribution < -0.4 is 5.43 Å². The molecule has 0 unspecified atom stereocenters. The fraction of sp³-hybridized carbons (Fsp3) is 0.167. The number of nitrogens with one attached hydrogen (secondary N) is 1. The summed E-state index contributed by atoms with van der Waals surface area (Å²) in [6, 6.07) is 2.53. The van der Waals surface area contributed by atoms with Gasteiger partial charge in [-0.15, -0.1) is 0 Å². The van der Waals surface area contributed by atoms with E-state index in [2.05, 4.69) is 20.9 Å². The zero-order valence-electron chi connectivity index (χ0n) is 9.42. The maximum Gasteiger partial charge on any atom is 0.343 e. The van der Waals surface area contributed by atoms with Gasteiger partial charge in [-0.05, 0) is 35.0 Å². The molecule has 0 saturated heterocycles. The Balaban J connectivity index is 2.68. The summed E-state index contributed by atoms with van der Waals surface area (Å²) in [5.41, 5.74) is -0.235. The van der Waals surface area contributed by atoms with Crippen LogP contribution in [0, 0.1) is 5.82 Å². The molecule has 0 atom stereocenters. The van der Waals surface area contributed by atoms with Crippen LogP contribution in [-0.2, 0) is 4.74 Å². The molecule has 0 spiro atoms. The van der Waals surface area contributed by atoms with E-state index in [4.69, 9.17) is 4.74 Å². The molecule has 2 rings (SSSR count). The third-order valence-corrected chi connectivity index (χ3v) is 3.02. The zero-order valence-corrected chi connectivity index (χ0v) is 11.0. The topological polar surface area (TPSA) is 59.2 Å². The van der Waals surface area contributed by atoms with Gasteiger partial charge < -0.3 is 9.72 Å². The summed E-state index contributed by atoms with van der Waals surface area (Å²) < 4.78 is 18.4. The van der Waals surface area contributed by atoms with Gasteiger partial charge in [-0.25, -0.2) is 9.18 Å². The molecule has 94 valence electrons. The quantitative estimate of drug-likeness (QED) is 0.867. The van der Waals surface area contributed by atoms with Crippen molar-refractivity contribution in [1.29, 1.82) is 0 Å². The average molecular weight is 314 g/mol. The van der Waals surface area contributed by atoms with E-state index in [1.807, 2.05) is 0 Å². The van der Waals surface area contributed by atoms with Crippen LogP contribution in [0.25, 0.3) is 10.9 Å². The molecule has 0 aliphatic rings. The lowest BCUT2D eigenvalue weighted by Gasteiger charge is -2.04. The van der Waals surface area contributed by atoms with Gasteiger partial charge in [0.25, 0.3) is 0 Å². The van der Waals surface area contributed by atoms with Gasteiger partial charge in [0.15, 0.2) is 0 Å². The van der Waals surface area contributed by atoms with Gasteiger partial charge in [-0.2, -0.15) is 0 Å². The van der Waals surface area contributed by atoms with Gasteiger partial charge in [0.1, 0.15) is 11.4 Å². The number of carbonyl (C=O) groups is 1. The van der Waals surface area contributed by atoms with Crippen molar-refractivity contribution in [3.05, 3.63) is 44.4 Å². The number of H-pyrrole nitrogens is 1. The summed E-state index contributed by atoms with van der Waals surface area (Å²) >= 11 is 3.02. The smallest absolute Gasteiger partial charge is 0.343 e. The summed E-state index contributed by atoms with van der Waals surface area (Å²) in [4.78, 5) is 26.3. The standard InChI is InChI=1S/C12H9BrFNO3/c1-2-18-12(17)7-5-15-10-4-8(13)9(14)3-6(10)11(7)16/h3-5H,2H2,1H3,(H,15,16). The first kappa shape index (κ1) is 12.8. The van der Waals surface area contributed by atoms with Crippen molar-refractivity contribution in [3.63, 3.8) is 0 Å². The highest BCUT2D eigenvalue weighted by Gasteiger charge is 2.15. The minimum absolute atomic E-state index is 0.112. The molecule has 18 heavy (non-hydrogen) atoms. The fourth-order valence-corrected chi connectivity index (χ4v) is 1.92. The van der Waals surface area contributed by atoms with Gasteiger partial charge in [-0.1, -0.05) is 0 Å². The first-order valence-electron chi connectivity index (χ1n) is 5.22. The first-order chi connectivity index (χ1) is 8.54. The lowest BCUT2D eigenvalue weighted by Crippen LogP contribution is -2.18. The van der Waals surface area contributed by atoms with E-state index in [0.29, 0.717) is 5.52 Å². The molecule has 0 radical (unpaired) electrons. The molecule has 1 aromatic carbocycles. The van der Waals surface area contributed by atoms with Crippen molar-refractivity contribution < 1.29 is 13.9 Å². The van der Waals surface area contributed by atoms with E-state index >= 15 is 0 Å². The van der Waals surface area contributed by atoms with Crippen molar-refractivity contribution in [2.75, 3.05) is 6.61 Å². The highest BCUT2D eigenvalue weighted by Crippen LogP contribution is 2.20. The number of hydrogen-bond acceptors (Lipinski definition) is 3. The lowest BCUT2D eigenvalue weighted by molar-refractivity contribution is 0.0524. The van der Waals surface area contributed by atoms with Crippen molar-refractivity contribution in [3.8, 4) is 0 Å². The minimum Gasteiger partial charge on any atom is -0.462 e. The predicted molar refractivity (Wildman–Crippen MR) is 68.2 cm³/mol. The first-order valence-corrected chi connectivity index (χ1v) is 6.01. The van der Waals surface area contributed by atoms with Crippen LogP contribution in [0.5, 0.6) is 0 Å². The van der Waals surface area contributed by atoms with Gasteiger partial charge in [0.05, 0.1) is 16.6 Å². The Labute approximate surface area is 110 Å². The Morgan fingerprint density at radius 1 is 1.50 bits per heavy atom. The molecule has 1 N–H and O–H groups in total. The van der Waals surface area contributed by atoms with Gasteiger partial charge >= 0.3 is 5.97 Å². The maximum absolute atomic E-state index is 13.4. The summed E-state index contributed by atoms with van der Waals surface area (Å²) in [6.07, 6.45) is 1.27. The van der Waals surface area contributed by atoms with Crippen molar-refractivity contribution >= 4 is 32.8 Å². The normalized spacial score (nSPS) is 10.6. The van der Waals surface area contributed by atoms with Crippen LogP contribution in [0.2, 0.25) is 0 Å². The number of aromatic nitrogens is 1. The highest BCUT2D eigenvalue weighted by molar-refractivity contribution is 9.10. The van der Waals surface area contributed by atoms with Crippen molar-refractivity contribution in [2.45, 2.75) is 6.92 Å². The Morgan fingerprint density at radius 2 is 2.22 bits per heavy atom. The number of hydrogen-bond donors (Lipinski definition) is 1. The number of pyridine rings is 1. The number of halogens is 2. The van der Waals surface area contributed by atoms with Crippen LogP contribution in [0.4, 0.5) is 4.39 Å². The van der Waals surface area contributed by atoms with Crippen LogP contribution in [0.15, 0.2) is 27.6 Å². The highest BCUT2D eigenvalue weighted by atomic mass is 79.9. The molecule has 2 aromatic rings. The van der Waals surface area contributed by atoms with E-state index < -0.39 is 17.2 Å². The van der Waals surface area contributed by atoms with Gasteiger partial charge in [-0.3, -0.25) is 4.79 Å². The molecule has 0 aliphatic carbocycles. The second-order valence-electron chi connectivity index (χ2n) is 3.56. The number of fused-ring (bicyclic) bond motifs is 1. The molecule has 0 aliphatic heterocycles. The second kappa shape index (κ2) is 4.89. The molecule has 0 saturated carbocycles. The SMILES string of the molecule is CCOC(=O)c1c[nH]c2cc(Br)c(F)cc2c1=O. The third-order valence-electron chi connectivity index (χ3n) is 2.42. The molecule has 0 amide bonds. The van der Waals surface area contributed by atoms with Crippen LogP contribution in [0.3, 0.4) is 0 Å².